The number of primary amides is 1. The van der Waals surface area contributed by atoms with Gasteiger partial charge in [0.05, 0.1) is 12.1 Å². The van der Waals surface area contributed by atoms with E-state index in [2.05, 4.69) is 21.2 Å². The smallest absolute Gasteiger partial charge is 0.254 e. The molecule has 1 aromatic carbocycles. The van der Waals surface area contributed by atoms with Crippen molar-refractivity contribution in [3.05, 3.63) is 34.1 Å². The first-order chi connectivity index (χ1) is 7.91. The van der Waals surface area contributed by atoms with Gasteiger partial charge in [0.25, 0.3) is 5.91 Å². The van der Waals surface area contributed by atoms with Crippen LogP contribution in [0.25, 0.3) is 0 Å². The predicted octanol–water partition coefficient (Wildman–Crippen LogP) is 0.164. The zero-order chi connectivity index (χ0) is 13.0. The number of rotatable bonds is 4. The van der Waals surface area contributed by atoms with Gasteiger partial charge in [0.2, 0.25) is 5.91 Å². The third-order valence-corrected chi connectivity index (χ3v) is 2.45. The summed E-state index contributed by atoms with van der Waals surface area (Å²) in [5.74, 6) is -2.39. The van der Waals surface area contributed by atoms with Gasteiger partial charge in [-0.3, -0.25) is 9.59 Å². The fourth-order valence-corrected chi connectivity index (χ4v) is 1.42. The SMILES string of the molecule is NC(=O)C(O)CNC(=O)c1cc(Br)ccc1F. The Hall–Kier alpha value is -1.47. The lowest BCUT2D eigenvalue weighted by Gasteiger charge is -2.09. The van der Waals surface area contributed by atoms with Crippen LogP contribution < -0.4 is 11.1 Å². The van der Waals surface area contributed by atoms with Crippen LogP contribution >= 0.6 is 15.9 Å². The molecule has 0 aliphatic carbocycles. The monoisotopic (exact) mass is 304 g/mol. The maximum absolute atomic E-state index is 13.3. The summed E-state index contributed by atoms with van der Waals surface area (Å²) >= 11 is 3.10. The maximum atomic E-state index is 13.3. The summed E-state index contributed by atoms with van der Waals surface area (Å²) in [6.45, 7) is -0.361. The number of carbonyl (C=O) groups excluding carboxylic acids is 2. The minimum atomic E-state index is -1.49. The van der Waals surface area contributed by atoms with Gasteiger partial charge in [0, 0.05) is 4.47 Å². The molecular formula is C10H10BrFN2O3. The summed E-state index contributed by atoms with van der Waals surface area (Å²) in [6, 6.07) is 3.87. The molecule has 0 aliphatic heterocycles. The van der Waals surface area contributed by atoms with Gasteiger partial charge in [-0.2, -0.15) is 0 Å². The molecule has 2 amide bonds. The molecule has 1 rings (SSSR count). The van der Waals surface area contributed by atoms with Crippen molar-refractivity contribution in [3.8, 4) is 0 Å². The Bertz CT molecular complexity index is 453. The largest absolute Gasteiger partial charge is 0.381 e. The normalized spacial score (nSPS) is 11.9. The molecule has 1 unspecified atom stereocenters. The van der Waals surface area contributed by atoms with E-state index >= 15 is 0 Å². The molecule has 0 bridgehead atoms. The Labute approximate surface area is 105 Å². The first-order valence-electron chi connectivity index (χ1n) is 4.62. The van der Waals surface area contributed by atoms with Gasteiger partial charge >= 0.3 is 0 Å². The predicted molar refractivity (Wildman–Crippen MR) is 61.6 cm³/mol. The van der Waals surface area contributed by atoms with E-state index in [1.165, 1.54) is 12.1 Å². The van der Waals surface area contributed by atoms with Gasteiger partial charge in [-0.25, -0.2) is 4.39 Å². The first kappa shape index (κ1) is 13.6. The minimum absolute atomic E-state index is 0.184. The molecule has 0 aliphatic rings. The van der Waals surface area contributed by atoms with E-state index in [9.17, 15) is 14.0 Å². The molecule has 1 atom stereocenters. The molecule has 4 N–H and O–H groups in total. The number of hydrogen-bond acceptors (Lipinski definition) is 3. The molecule has 0 aromatic heterocycles. The summed E-state index contributed by atoms with van der Waals surface area (Å²) in [7, 11) is 0. The fourth-order valence-electron chi connectivity index (χ4n) is 1.06. The van der Waals surface area contributed by atoms with Gasteiger partial charge in [0.1, 0.15) is 11.9 Å². The van der Waals surface area contributed by atoms with Crippen LogP contribution in [0.3, 0.4) is 0 Å². The average molecular weight is 305 g/mol. The van der Waals surface area contributed by atoms with Crippen LogP contribution in [0.4, 0.5) is 4.39 Å². The number of aliphatic hydroxyl groups is 1. The number of benzene rings is 1. The quantitative estimate of drug-likeness (QED) is 0.740. The highest BCUT2D eigenvalue weighted by Crippen LogP contribution is 2.15. The molecular weight excluding hydrogens is 295 g/mol. The number of hydrogen-bond donors (Lipinski definition) is 3. The van der Waals surface area contributed by atoms with E-state index in [0.29, 0.717) is 4.47 Å². The van der Waals surface area contributed by atoms with Crippen LogP contribution in [0.1, 0.15) is 10.4 Å². The minimum Gasteiger partial charge on any atom is -0.381 e. The second-order valence-corrected chi connectivity index (χ2v) is 4.17. The molecule has 0 fully saturated rings. The van der Waals surface area contributed by atoms with Crippen molar-refractivity contribution in [2.45, 2.75) is 6.10 Å². The lowest BCUT2D eigenvalue weighted by Crippen LogP contribution is -2.40. The highest BCUT2D eigenvalue weighted by Gasteiger charge is 2.15. The van der Waals surface area contributed by atoms with E-state index in [0.717, 1.165) is 6.07 Å². The first-order valence-corrected chi connectivity index (χ1v) is 5.41. The molecule has 7 heteroatoms. The summed E-state index contributed by atoms with van der Waals surface area (Å²) < 4.78 is 13.8. The van der Waals surface area contributed by atoms with Crippen LogP contribution in [0.5, 0.6) is 0 Å². The standard InChI is InChI=1S/C10H10BrFN2O3/c11-5-1-2-7(12)6(3-5)10(17)14-4-8(15)9(13)16/h1-3,8,15H,4H2,(H2,13,16)(H,14,17). The maximum Gasteiger partial charge on any atom is 0.254 e. The van der Waals surface area contributed by atoms with Crippen molar-refractivity contribution in [1.82, 2.24) is 5.32 Å². The lowest BCUT2D eigenvalue weighted by atomic mass is 10.2. The second-order valence-electron chi connectivity index (χ2n) is 3.25. The van der Waals surface area contributed by atoms with E-state index in [1.807, 2.05) is 0 Å². The third kappa shape index (κ3) is 3.79. The van der Waals surface area contributed by atoms with Gasteiger partial charge in [-0.15, -0.1) is 0 Å². The average Bonchev–Trinajstić information content (AvgIpc) is 2.28. The van der Waals surface area contributed by atoms with Gasteiger partial charge in [-0.05, 0) is 18.2 Å². The van der Waals surface area contributed by atoms with Gasteiger partial charge in [0.15, 0.2) is 0 Å². The summed E-state index contributed by atoms with van der Waals surface area (Å²) in [6.07, 6.45) is -1.49. The Kier molecular flexibility index (Phi) is 4.59. The van der Waals surface area contributed by atoms with Crippen molar-refractivity contribution in [3.63, 3.8) is 0 Å². The highest BCUT2D eigenvalue weighted by atomic mass is 79.9. The summed E-state index contributed by atoms with van der Waals surface area (Å²) in [4.78, 5) is 22.0. The van der Waals surface area contributed by atoms with Crippen molar-refractivity contribution in [2.24, 2.45) is 5.73 Å². The van der Waals surface area contributed by atoms with E-state index in [4.69, 9.17) is 10.8 Å². The van der Waals surface area contributed by atoms with Gasteiger partial charge in [-0.1, -0.05) is 15.9 Å². The molecule has 0 radical (unpaired) electrons. The summed E-state index contributed by atoms with van der Waals surface area (Å²) in [5, 5.41) is 11.3. The highest BCUT2D eigenvalue weighted by molar-refractivity contribution is 9.10. The van der Waals surface area contributed by atoms with Crippen molar-refractivity contribution >= 4 is 27.7 Å². The number of halogens is 2. The van der Waals surface area contributed by atoms with Crippen molar-refractivity contribution in [2.75, 3.05) is 6.54 Å². The number of nitrogens with two attached hydrogens (primary N) is 1. The molecule has 92 valence electrons. The molecule has 0 heterocycles. The number of nitrogens with one attached hydrogen (secondary N) is 1. The molecule has 5 nitrogen and oxygen atoms in total. The van der Waals surface area contributed by atoms with E-state index < -0.39 is 23.7 Å². The number of carbonyl (C=O) groups is 2. The molecule has 17 heavy (non-hydrogen) atoms. The van der Waals surface area contributed by atoms with Crippen LogP contribution in [0.2, 0.25) is 0 Å². The topological polar surface area (TPSA) is 92.4 Å². The van der Waals surface area contributed by atoms with Crippen LogP contribution in [-0.2, 0) is 4.79 Å². The van der Waals surface area contributed by atoms with Crippen molar-refractivity contribution < 1.29 is 19.1 Å². The Morgan fingerprint density at radius 3 is 2.76 bits per heavy atom. The Balaban J connectivity index is 2.70. The molecule has 0 saturated carbocycles. The van der Waals surface area contributed by atoms with Crippen LogP contribution in [0, 0.1) is 5.82 Å². The third-order valence-electron chi connectivity index (χ3n) is 1.96. The fraction of sp³-hybridized carbons (Fsp3) is 0.200. The van der Waals surface area contributed by atoms with Gasteiger partial charge < -0.3 is 16.2 Å². The van der Waals surface area contributed by atoms with E-state index in [-0.39, 0.29) is 12.1 Å². The molecule has 0 saturated heterocycles. The van der Waals surface area contributed by atoms with Crippen molar-refractivity contribution in [1.29, 1.82) is 0 Å². The van der Waals surface area contributed by atoms with Crippen LogP contribution in [0.15, 0.2) is 22.7 Å². The summed E-state index contributed by atoms with van der Waals surface area (Å²) in [5.41, 5.74) is 4.61. The molecule has 0 spiro atoms. The van der Waals surface area contributed by atoms with Crippen LogP contribution in [-0.4, -0.2) is 29.6 Å². The molecule has 1 aromatic rings. The number of amides is 2. The van der Waals surface area contributed by atoms with E-state index in [1.54, 1.807) is 0 Å². The second kappa shape index (κ2) is 5.74. The number of aliphatic hydroxyl groups excluding tert-OH is 1. The lowest BCUT2D eigenvalue weighted by molar-refractivity contribution is -0.125. The Morgan fingerprint density at radius 1 is 1.53 bits per heavy atom. The zero-order valence-electron chi connectivity index (χ0n) is 8.61. The zero-order valence-corrected chi connectivity index (χ0v) is 10.2. The Morgan fingerprint density at radius 2 is 2.18 bits per heavy atom.